The van der Waals surface area contributed by atoms with Crippen molar-refractivity contribution in [3.63, 3.8) is 0 Å². The number of benzene rings is 5. The van der Waals surface area contributed by atoms with E-state index in [1.54, 1.807) is 36.4 Å². The zero-order valence-electron chi connectivity index (χ0n) is 31.7. The van der Waals surface area contributed by atoms with Crippen molar-refractivity contribution in [2.24, 2.45) is 5.73 Å². The van der Waals surface area contributed by atoms with Crippen LogP contribution in [0.3, 0.4) is 0 Å². The van der Waals surface area contributed by atoms with Crippen LogP contribution in [0, 0.1) is 19.7 Å². The lowest BCUT2D eigenvalue weighted by Gasteiger charge is -2.21. The molecule has 9 rings (SSSR count). The third-order valence-electron chi connectivity index (χ3n) is 10.4. The van der Waals surface area contributed by atoms with Crippen LogP contribution in [0.5, 0.6) is 11.5 Å². The molecule has 0 spiro atoms. The van der Waals surface area contributed by atoms with E-state index < -0.39 is 5.82 Å². The molecule has 0 radical (unpaired) electrons. The van der Waals surface area contributed by atoms with E-state index in [9.17, 15) is 19.4 Å². The number of nitrogens with one attached hydrogen (secondary N) is 1. The molecule has 2 saturated heterocycles. The molecule has 0 aliphatic carbocycles. The highest BCUT2D eigenvalue weighted by atomic mass is 19.1. The monoisotopic (exact) mass is 762 g/mol. The maximum absolute atomic E-state index is 13.5. The van der Waals surface area contributed by atoms with E-state index in [0.29, 0.717) is 41.4 Å². The van der Waals surface area contributed by atoms with Gasteiger partial charge in [0.05, 0.1) is 22.2 Å². The Kier molecular flexibility index (Phi) is 10.4. The minimum atomic E-state index is -0.435. The summed E-state index contributed by atoms with van der Waals surface area (Å²) < 4.78 is 13.5. The quantitative estimate of drug-likeness (QED) is 0.136. The maximum atomic E-state index is 13.5. The summed E-state index contributed by atoms with van der Waals surface area (Å²) in [5.74, 6) is 2.24. The number of aryl methyl sites for hydroxylation is 2. The van der Waals surface area contributed by atoms with Crippen LogP contribution in [0.1, 0.15) is 34.3 Å². The SMILES string of the molecule is Cc1ccc2c(N3CC[C@@H](N)C3)nc(-c3ccccc3O)nc2c1.Cc1ccc2c(N3CC[C@@H](NC(=O)c4cccc(F)c4)C3)nc(-c3ccccc3O)nc2c1. The van der Waals surface area contributed by atoms with Gasteiger partial charge in [-0.05, 0) is 105 Å². The summed E-state index contributed by atoms with van der Waals surface area (Å²) in [7, 11) is 0. The number of nitrogens with zero attached hydrogens (tertiary/aromatic N) is 6. The second-order valence-electron chi connectivity index (χ2n) is 14.7. The number of halogens is 1. The van der Waals surface area contributed by atoms with Gasteiger partial charge in [-0.2, -0.15) is 0 Å². The average Bonchev–Trinajstić information content (AvgIpc) is 3.86. The number of rotatable bonds is 6. The summed E-state index contributed by atoms with van der Waals surface area (Å²) in [4.78, 5) is 35.9. The first-order valence-electron chi connectivity index (χ1n) is 19.0. The highest BCUT2D eigenvalue weighted by molar-refractivity contribution is 5.95. The van der Waals surface area contributed by atoms with Crippen molar-refractivity contribution in [2.45, 2.75) is 38.8 Å². The van der Waals surface area contributed by atoms with E-state index in [0.717, 1.165) is 70.5 Å². The number of para-hydroxylation sites is 2. The minimum Gasteiger partial charge on any atom is -0.507 e. The molecule has 5 N–H and O–H groups in total. The predicted molar refractivity (Wildman–Crippen MR) is 222 cm³/mol. The number of fused-ring (bicyclic) bond motifs is 2. The molecule has 12 heteroatoms. The molecule has 2 aromatic heterocycles. The first kappa shape index (κ1) is 37.3. The number of aromatic nitrogens is 4. The molecular weight excluding hydrogens is 720 g/mol. The lowest BCUT2D eigenvalue weighted by molar-refractivity contribution is 0.0940. The first-order valence-corrected chi connectivity index (χ1v) is 19.0. The Morgan fingerprint density at radius 1 is 0.684 bits per heavy atom. The van der Waals surface area contributed by atoms with Crippen LogP contribution in [-0.2, 0) is 0 Å². The van der Waals surface area contributed by atoms with Crippen molar-refractivity contribution in [2.75, 3.05) is 36.0 Å². The van der Waals surface area contributed by atoms with E-state index in [1.807, 2.05) is 50.2 Å². The summed E-state index contributed by atoms with van der Waals surface area (Å²) in [6.45, 7) is 7.01. The lowest BCUT2D eigenvalue weighted by atomic mass is 10.1. The number of hydrogen-bond acceptors (Lipinski definition) is 10. The molecule has 7 aromatic rings. The summed E-state index contributed by atoms with van der Waals surface area (Å²) in [6, 6.07) is 32.2. The van der Waals surface area contributed by atoms with Gasteiger partial charge in [-0.25, -0.2) is 24.3 Å². The summed E-state index contributed by atoms with van der Waals surface area (Å²) in [5, 5.41) is 25.5. The fraction of sp³-hybridized carbons (Fsp3) is 0.222. The fourth-order valence-corrected chi connectivity index (χ4v) is 7.44. The van der Waals surface area contributed by atoms with Gasteiger partial charge in [-0.1, -0.05) is 42.5 Å². The van der Waals surface area contributed by atoms with Gasteiger partial charge in [0.15, 0.2) is 11.6 Å². The van der Waals surface area contributed by atoms with E-state index in [1.165, 1.54) is 18.2 Å². The normalized spacial score (nSPS) is 16.5. The molecule has 0 unspecified atom stereocenters. The number of phenols is 2. The van der Waals surface area contributed by atoms with Crippen LogP contribution in [-0.4, -0.2) is 74.3 Å². The largest absolute Gasteiger partial charge is 0.507 e. The molecule has 5 aromatic carbocycles. The third-order valence-corrected chi connectivity index (χ3v) is 10.4. The first-order chi connectivity index (χ1) is 27.6. The van der Waals surface area contributed by atoms with Gasteiger partial charge in [0.25, 0.3) is 5.91 Å². The Bertz CT molecular complexity index is 2620. The van der Waals surface area contributed by atoms with E-state index >= 15 is 0 Å². The van der Waals surface area contributed by atoms with Gasteiger partial charge in [0.1, 0.15) is 29.0 Å². The summed E-state index contributed by atoms with van der Waals surface area (Å²) in [5.41, 5.74) is 11.5. The molecule has 57 heavy (non-hydrogen) atoms. The summed E-state index contributed by atoms with van der Waals surface area (Å²) in [6.07, 6.45) is 1.70. The molecule has 2 aliphatic rings. The second-order valence-corrected chi connectivity index (χ2v) is 14.7. The predicted octanol–water partition coefficient (Wildman–Crippen LogP) is 7.31. The second kappa shape index (κ2) is 15.8. The third kappa shape index (κ3) is 8.03. The fourth-order valence-electron chi connectivity index (χ4n) is 7.44. The molecule has 2 fully saturated rings. The number of phenolic OH excluding ortho intramolecular Hbond substituents is 2. The zero-order chi connectivity index (χ0) is 39.6. The Morgan fingerprint density at radius 2 is 1.23 bits per heavy atom. The number of carbonyl (C=O) groups excluding carboxylic acids is 1. The van der Waals surface area contributed by atoms with Crippen molar-refractivity contribution in [1.82, 2.24) is 25.3 Å². The number of amides is 1. The molecule has 0 bridgehead atoms. The van der Waals surface area contributed by atoms with Crippen molar-refractivity contribution >= 4 is 39.3 Å². The van der Waals surface area contributed by atoms with Crippen molar-refractivity contribution in [3.05, 3.63) is 132 Å². The van der Waals surface area contributed by atoms with Crippen molar-refractivity contribution in [3.8, 4) is 34.3 Å². The molecule has 1 amide bonds. The number of aromatic hydroxyl groups is 2. The summed E-state index contributed by atoms with van der Waals surface area (Å²) >= 11 is 0. The van der Waals surface area contributed by atoms with Crippen LogP contribution in [0.4, 0.5) is 16.0 Å². The molecule has 288 valence electrons. The van der Waals surface area contributed by atoms with Gasteiger partial charge in [-0.3, -0.25) is 4.79 Å². The number of carbonyl (C=O) groups is 1. The Morgan fingerprint density at radius 3 is 1.75 bits per heavy atom. The highest BCUT2D eigenvalue weighted by Gasteiger charge is 2.28. The van der Waals surface area contributed by atoms with Crippen molar-refractivity contribution < 1.29 is 19.4 Å². The standard InChI is InChI=1S/C26H23FN4O2.C19H20N4O/c1-16-9-10-20-22(13-16)29-24(21-7-2-3-8-23(21)32)30-25(20)31-12-11-19(15-31)28-26(33)17-5-4-6-18(27)14-17;1-12-6-7-14-16(10-12)21-18(15-4-2-3-5-17(15)24)22-19(14)23-9-8-13(20)11-23/h2-10,13-14,19,32H,11-12,15H2,1H3,(H,28,33);2-7,10,13,24H,8-9,11,20H2,1H3/t19-;13-/m11/s1. The Hall–Kier alpha value is -6.66. The van der Waals surface area contributed by atoms with Crippen LogP contribution in [0.2, 0.25) is 0 Å². The van der Waals surface area contributed by atoms with Gasteiger partial charge >= 0.3 is 0 Å². The zero-order valence-corrected chi connectivity index (χ0v) is 31.7. The van der Waals surface area contributed by atoms with Crippen molar-refractivity contribution in [1.29, 1.82) is 0 Å². The van der Waals surface area contributed by atoms with Gasteiger partial charge in [-0.15, -0.1) is 0 Å². The topological polar surface area (TPSA) is 154 Å². The molecule has 2 atom stereocenters. The van der Waals surface area contributed by atoms with Crippen LogP contribution >= 0.6 is 0 Å². The lowest BCUT2D eigenvalue weighted by Crippen LogP contribution is -2.37. The molecule has 2 aliphatic heterocycles. The number of anilines is 2. The Labute approximate surface area is 329 Å². The minimum absolute atomic E-state index is 0.0928. The van der Waals surface area contributed by atoms with Crippen LogP contribution < -0.4 is 20.9 Å². The maximum Gasteiger partial charge on any atom is 0.251 e. The molecule has 0 saturated carbocycles. The van der Waals surface area contributed by atoms with Crippen LogP contribution in [0.15, 0.2) is 109 Å². The average molecular weight is 763 g/mol. The van der Waals surface area contributed by atoms with E-state index in [2.05, 4.69) is 38.3 Å². The van der Waals surface area contributed by atoms with Gasteiger partial charge in [0.2, 0.25) is 0 Å². The molecule has 11 nitrogen and oxygen atoms in total. The molecular formula is C45H43FN8O3. The molecule has 4 heterocycles. The number of hydrogen-bond donors (Lipinski definition) is 4. The van der Waals surface area contributed by atoms with Gasteiger partial charge < -0.3 is 31.1 Å². The Balaban J connectivity index is 0.000000168. The van der Waals surface area contributed by atoms with E-state index in [-0.39, 0.29) is 29.5 Å². The van der Waals surface area contributed by atoms with E-state index in [4.69, 9.17) is 20.7 Å². The van der Waals surface area contributed by atoms with Crippen LogP contribution in [0.25, 0.3) is 44.6 Å². The highest BCUT2D eigenvalue weighted by Crippen LogP contribution is 2.35. The number of nitrogens with two attached hydrogens (primary N) is 1. The van der Waals surface area contributed by atoms with Gasteiger partial charge in [0, 0.05) is 54.6 Å². The smallest absolute Gasteiger partial charge is 0.251 e.